The molecule has 5 nitrogen and oxygen atoms in total. The van der Waals surface area contributed by atoms with E-state index in [0.29, 0.717) is 12.1 Å². The number of sulfonamides is 1. The highest BCUT2D eigenvalue weighted by atomic mass is 32.2. The van der Waals surface area contributed by atoms with E-state index in [1.807, 2.05) is 6.92 Å². The molecule has 2 rings (SSSR count). The van der Waals surface area contributed by atoms with Crippen LogP contribution >= 0.6 is 11.3 Å². The Labute approximate surface area is 128 Å². The normalized spacial score (nSPS) is 13.6. The fourth-order valence-corrected chi connectivity index (χ4v) is 3.91. The fourth-order valence-electron chi connectivity index (χ4n) is 1.86. The fraction of sp³-hybridized carbons (Fsp3) is 0.357. The van der Waals surface area contributed by atoms with Crippen LogP contribution < -0.4 is 0 Å². The standard InChI is InChI=1S/C14H18N2O3S2/c1-10-14(20-9-15-10)8-16(3)21(18,19)13-6-4-12(5-7-13)11(2)17/h4-7,9,11,17H,8H2,1-3H3. The van der Waals surface area contributed by atoms with Gasteiger partial charge in [-0.15, -0.1) is 11.3 Å². The first kappa shape index (κ1) is 16.1. The van der Waals surface area contributed by atoms with E-state index >= 15 is 0 Å². The average molecular weight is 326 g/mol. The summed E-state index contributed by atoms with van der Waals surface area (Å²) in [6, 6.07) is 6.30. The lowest BCUT2D eigenvalue weighted by atomic mass is 10.1. The van der Waals surface area contributed by atoms with Crippen molar-refractivity contribution in [2.45, 2.75) is 31.4 Å². The van der Waals surface area contributed by atoms with E-state index in [4.69, 9.17) is 0 Å². The molecule has 2 aromatic rings. The van der Waals surface area contributed by atoms with E-state index in [1.54, 1.807) is 31.6 Å². The number of hydrogen-bond acceptors (Lipinski definition) is 5. The summed E-state index contributed by atoms with van der Waals surface area (Å²) in [5.74, 6) is 0. The van der Waals surface area contributed by atoms with Crippen LogP contribution in [0.25, 0.3) is 0 Å². The molecule has 7 heteroatoms. The Hall–Kier alpha value is -1.28. The summed E-state index contributed by atoms with van der Waals surface area (Å²) in [6.45, 7) is 3.81. The Kier molecular flexibility index (Phi) is 4.77. The molecule has 0 spiro atoms. The molecule has 1 atom stereocenters. The lowest BCUT2D eigenvalue weighted by molar-refractivity contribution is 0.199. The first-order chi connectivity index (χ1) is 9.82. The SMILES string of the molecule is Cc1ncsc1CN(C)S(=O)(=O)c1ccc(C(C)O)cc1. The van der Waals surface area contributed by atoms with Gasteiger partial charge in [-0.3, -0.25) is 0 Å². The number of aliphatic hydroxyl groups is 1. The van der Waals surface area contributed by atoms with E-state index < -0.39 is 16.1 Å². The maximum atomic E-state index is 12.5. The predicted molar refractivity (Wildman–Crippen MR) is 82.6 cm³/mol. The van der Waals surface area contributed by atoms with Crippen LogP contribution in [0, 0.1) is 6.92 Å². The van der Waals surface area contributed by atoms with Crippen LogP contribution in [0.1, 0.15) is 29.2 Å². The molecular weight excluding hydrogens is 308 g/mol. The molecule has 1 aromatic heterocycles. The average Bonchev–Trinajstić information content (AvgIpc) is 2.84. The second-order valence-electron chi connectivity index (χ2n) is 4.87. The van der Waals surface area contributed by atoms with Crippen LogP contribution in [-0.4, -0.2) is 29.9 Å². The molecule has 1 N–H and O–H groups in total. The van der Waals surface area contributed by atoms with Crippen molar-refractivity contribution >= 4 is 21.4 Å². The van der Waals surface area contributed by atoms with Crippen molar-refractivity contribution in [1.82, 2.24) is 9.29 Å². The van der Waals surface area contributed by atoms with Crippen molar-refractivity contribution in [3.8, 4) is 0 Å². The van der Waals surface area contributed by atoms with Crippen molar-refractivity contribution in [3.63, 3.8) is 0 Å². The van der Waals surface area contributed by atoms with E-state index in [-0.39, 0.29) is 4.90 Å². The van der Waals surface area contributed by atoms with Gasteiger partial charge in [-0.1, -0.05) is 12.1 Å². The molecular formula is C14H18N2O3S2. The molecule has 1 heterocycles. The van der Waals surface area contributed by atoms with E-state index in [9.17, 15) is 13.5 Å². The molecule has 0 bridgehead atoms. The van der Waals surface area contributed by atoms with Gasteiger partial charge >= 0.3 is 0 Å². The number of aromatic nitrogens is 1. The Balaban J connectivity index is 2.22. The number of nitrogens with zero attached hydrogens (tertiary/aromatic N) is 2. The zero-order chi connectivity index (χ0) is 15.6. The highest BCUT2D eigenvalue weighted by Gasteiger charge is 2.22. The smallest absolute Gasteiger partial charge is 0.243 e. The maximum absolute atomic E-state index is 12.5. The van der Waals surface area contributed by atoms with Gasteiger partial charge in [-0.2, -0.15) is 4.31 Å². The molecule has 0 saturated heterocycles. The zero-order valence-electron chi connectivity index (χ0n) is 12.1. The summed E-state index contributed by atoms with van der Waals surface area (Å²) in [4.78, 5) is 5.28. The van der Waals surface area contributed by atoms with Gasteiger partial charge in [0.1, 0.15) is 0 Å². The van der Waals surface area contributed by atoms with Gasteiger partial charge in [0, 0.05) is 18.5 Å². The Morgan fingerprint density at radius 3 is 2.43 bits per heavy atom. The summed E-state index contributed by atoms with van der Waals surface area (Å²) in [7, 11) is -1.99. The summed E-state index contributed by atoms with van der Waals surface area (Å²) < 4.78 is 26.3. The van der Waals surface area contributed by atoms with E-state index in [2.05, 4.69) is 4.98 Å². The van der Waals surface area contributed by atoms with Crippen molar-refractivity contribution in [1.29, 1.82) is 0 Å². The van der Waals surface area contributed by atoms with Crippen molar-refractivity contribution in [3.05, 3.63) is 45.9 Å². The zero-order valence-corrected chi connectivity index (χ0v) is 13.8. The van der Waals surface area contributed by atoms with Crippen LogP contribution in [0.3, 0.4) is 0 Å². The summed E-state index contributed by atoms with van der Waals surface area (Å²) in [5, 5.41) is 9.46. The second kappa shape index (κ2) is 6.23. The Bertz CT molecular complexity index is 706. The van der Waals surface area contributed by atoms with Gasteiger partial charge in [0.2, 0.25) is 10.0 Å². The molecule has 0 aliphatic heterocycles. The first-order valence-electron chi connectivity index (χ1n) is 6.45. The predicted octanol–water partition coefficient (Wildman–Crippen LogP) is 2.33. The quantitative estimate of drug-likeness (QED) is 0.915. The number of rotatable bonds is 5. The number of benzene rings is 1. The van der Waals surface area contributed by atoms with Gasteiger partial charge in [0.15, 0.2) is 0 Å². The molecule has 0 fully saturated rings. The van der Waals surface area contributed by atoms with Crippen LogP contribution in [-0.2, 0) is 16.6 Å². The van der Waals surface area contributed by atoms with Crippen LogP contribution in [0.5, 0.6) is 0 Å². The topological polar surface area (TPSA) is 70.5 Å². The van der Waals surface area contributed by atoms with Gasteiger partial charge in [0.05, 0.1) is 22.2 Å². The molecule has 0 saturated carbocycles. The third-order valence-corrected chi connectivity index (χ3v) is 6.02. The number of hydrogen-bond donors (Lipinski definition) is 1. The third-order valence-electron chi connectivity index (χ3n) is 3.28. The van der Waals surface area contributed by atoms with Crippen molar-refractivity contribution in [2.24, 2.45) is 0 Å². The van der Waals surface area contributed by atoms with Crippen molar-refractivity contribution in [2.75, 3.05) is 7.05 Å². The third kappa shape index (κ3) is 3.49. The molecule has 0 radical (unpaired) electrons. The van der Waals surface area contributed by atoms with E-state index in [0.717, 1.165) is 10.6 Å². The minimum atomic E-state index is -3.54. The summed E-state index contributed by atoms with van der Waals surface area (Å²) >= 11 is 1.45. The van der Waals surface area contributed by atoms with Gasteiger partial charge < -0.3 is 5.11 Å². The monoisotopic (exact) mass is 326 g/mol. The molecule has 1 unspecified atom stereocenters. The number of aryl methyl sites for hydroxylation is 1. The van der Waals surface area contributed by atoms with E-state index in [1.165, 1.54) is 27.8 Å². The second-order valence-corrected chi connectivity index (χ2v) is 7.85. The van der Waals surface area contributed by atoms with Crippen LogP contribution in [0.4, 0.5) is 0 Å². The first-order valence-corrected chi connectivity index (χ1v) is 8.77. The highest BCUT2D eigenvalue weighted by Crippen LogP contribution is 2.22. The molecule has 0 amide bonds. The number of aliphatic hydroxyl groups excluding tert-OH is 1. The Morgan fingerprint density at radius 2 is 1.95 bits per heavy atom. The van der Waals surface area contributed by atoms with Gasteiger partial charge in [-0.25, -0.2) is 13.4 Å². The summed E-state index contributed by atoms with van der Waals surface area (Å²) in [5.41, 5.74) is 3.25. The maximum Gasteiger partial charge on any atom is 0.243 e. The molecule has 114 valence electrons. The Morgan fingerprint density at radius 1 is 1.33 bits per heavy atom. The lowest BCUT2D eigenvalue weighted by Gasteiger charge is -2.17. The minimum Gasteiger partial charge on any atom is -0.389 e. The van der Waals surface area contributed by atoms with Crippen molar-refractivity contribution < 1.29 is 13.5 Å². The lowest BCUT2D eigenvalue weighted by Crippen LogP contribution is -2.26. The largest absolute Gasteiger partial charge is 0.389 e. The summed E-state index contributed by atoms with van der Waals surface area (Å²) in [6.07, 6.45) is -0.612. The highest BCUT2D eigenvalue weighted by molar-refractivity contribution is 7.89. The van der Waals surface area contributed by atoms with Crippen LogP contribution in [0.2, 0.25) is 0 Å². The molecule has 21 heavy (non-hydrogen) atoms. The number of thiazole rings is 1. The van der Waals surface area contributed by atoms with Crippen LogP contribution in [0.15, 0.2) is 34.7 Å². The molecule has 1 aromatic carbocycles. The molecule has 0 aliphatic rings. The van der Waals surface area contributed by atoms with Gasteiger partial charge in [-0.05, 0) is 31.5 Å². The molecule has 0 aliphatic carbocycles. The van der Waals surface area contributed by atoms with Gasteiger partial charge in [0.25, 0.3) is 0 Å². The minimum absolute atomic E-state index is 0.219.